The molecule has 1 aromatic carbocycles. The summed E-state index contributed by atoms with van der Waals surface area (Å²) >= 11 is 0. The van der Waals surface area contributed by atoms with Crippen LogP contribution in [0.3, 0.4) is 0 Å². The first-order valence-corrected chi connectivity index (χ1v) is 5.63. The van der Waals surface area contributed by atoms with Gasteiger partial charge >= 0.3 is 0 Å². The van der Waals surface area contributed by atoms with Crippen molar-refractivity contribution in [1.82, 2.24) is 4.90 Å². The lowest BCUT2D eigenvalue weighted by Crippen LogP contribution is -2.39. The van der Waals surface area contributed by atoms with E-state index in [1.54, 1.807) is 13.8 Å². The fourth-order valence-electron chi connectivity index (χ4n) is 1.71. The number of rotatable bonds is 4. The van der Waals surface area contributed by atoms with Crippen molar-refractivity contribution in [3.63, 3.8) is 0 Å². The first-order chi connectivity index (χ1) is 8.61. The molecule has 0 aliphatic heterocycles. The summed E-state index contributed by atoms with van der Waals surface area (Å²) < 4.78 is 0. The molecule has 0 aliphatic rings. The molecule has 0 radical (unpaired) electrons. The number of hydrogen-bond donors (Lipinski definition) is 2. The Morgan fingerprint density at radius 1 is 1.53 bits per heavy atom. The molecular formula is C12H17N3O4. The highest BCUT2D eigenvalue weighted by atomic mass is 16.6. The van der Waals surface area contributed by atoms with Gasteiger partial charge in [-0.05, 0) is 26.0 Å². The normalized spacial score (nSPS) is 11.2. The number of nitrogen functional groups attached to an aromatic ring is 1. The number of amides is 1. The Balaban J connectivity index is 3.01. The van der Waals surface area contributed by atoms with E-state index in [9.17, 15) is 20.0 Å². The largest absolute Gasteiger partial charge is 0.393 e. The van der Waals surface area contributed by atoms with Crippen LogP contribution in [0.1, 0.15) is 24.2 Å². The lowest BCUT2D eigenvalue weighted by atomic mass is 10.1. The van der Waals surface area contributed by atoms with Crippen molar-refractivity contribution in [3.05, 3.63) is 33.9 Å². The molecule has 0 aliphatic carbocycles. The number of hydrogen-bond acceptors (Lipinski definition) is 5. The van der Waals surface area contributed by atoms with E-state index in [0.717, 1.165) is 6.07 Å². The molecular weight excluding hydrogens is 250 g/mol. The van der Waals surface area contributed by atoms with Crippen LogP contribution in [0.4, 0.5) is 11.4 Å². The standard InChI is InChI=1S/C12H17N3O4/c1-12(2,17)7-14(3)11(16)8-4-5-9(13)10(6-8)15(18)19/h4-6,17H,7,13H2,1-3H3. The van der Waals surface area contributed by atoms with Gasteiger partial charge in [-0.2, -0.15) is 0 Å². The zero-order valence-corrected chi connectivity index (χ0v) is 11.1. The summed E-state index contributed by atoms with van der Waals surface area (Å²) in [5.41, 5.74) is 4.29. The molecule has 0 atom stereocenters. The number of nitrogens with zero attached hydrogens (tertiary/aromatic N) is 2. The van der Waals surface area contributed by atoms with E-state index < -0.39 is 16.4 Å². The van der Waals surface area contributed by atoms with Crippen LogP contribution in [0.2, 0.25) is 0 Å². The molecule has 1 amide bonds. The topological polar surface area (TPSA) is 110 Å². The van der Waals surface area contributed by atoms with Crippen molar-refractivity contribution in [2.24, 2.45) is 0 Å². The summed E-state index contributed by atoms with van der Waals surface area (Å²) in [7, 11) is 1.52. The van der Waals surface area contributed by atoms with Crippen molar-refractivity contribution < 1.29 is 14.8 Å². The van der Waals surface area contributed by atoms with Crippen molar-refractivity contribution in [2.75, 3.05) is 19.3 Å². The molecule has 0 saturated heterocycles. The van der Waals surface area contributed by atoms with Crippen molar-refractivity contribution >= 4 is 17.3 Å². The first kappa shape index (κ1) is 14.9. The highest BCUT2D eigenvalue weighted by molar-refractivity contribution is 5.95. The minimum Gasteiger partial charge on any atom is -0.393 e. The van der Waals surface area contributed by atoms with Crippen LogP contribution in [0.15, 0.2) is 18.2 Å². The predicted molar refractivity (Wildman–Crippen MR) is 70.8 cm³/mol. The van der Waals surface area contributed by atoms with Gasteiger partial charge in [0, 0.05) is 25.2 Å². The molecule has 0 unspecified atom stereocenters. The Morgan fingerprint density at radius 2 is 2.11 bits per heavy atom. The second-order valence-electron chi connectivity index (χ2n) is 5.00. The van der Waals surface area contributed by atoms with E-state index in [1.807, 2.05) is 0 Å². The summed E-state index contributed by atoms with van der Waals surface area (Å²) in [6, 6.07) is 3.88. The molecule has 104 valence electrons. The predicted octanol–water partition coefficient (Wildman–Crippen LogP) is 1.02. The molecule has 0 heterocycles. The summed E-state index contributed by atoms with van der Waals surface area (Å²) in [5.74, 6) is -0.412. The molecule has 7 heteroatoms. The van der Waals surface area contributed by atoms with E-state index in [4.69, 9.17) is 5.73 Å². The van der Waals surface area contributed by atoms with Gasteiger partial charge in [0.25, 0.3) is 11.6 Å². The molecule has 7 nitrogen and oxygen atoms in total. The molecule has 0 saturated carbocycles. The zero-order chi connectivity index (χ0) is 14.8. The quantitative estimate of drug-likeness (QED) is 0.481. The van der Waals surface area contributed by atoms with Gasteiger partial charge in [-0.15, -0.1) is 0 Å². The fraction of sp³-hybridized carbons (Fsp3) is 0.417. The second kappa shape index (κ2) is 5.23. The van der Waals surface area contributed by atoms with Gasteiger partial charge in [0.2, 0.25) is 0 Å². The lowest BCUT2D eigenvalue weighted by molar-refractivity contribution is -0.383. The van der Waals surface area contributed by atoms with Crippen molar-refractivity contribution in [2.45, 2.75) is 19.4 Å². The number of aliphatic hydroxyl groups is 1. The van der Waals surface area contributed by atoms with Crippen molar-refractivity contribution in [1.29, 1.82) is 0 Å². The van der Waals surface area contributed by atoms with E-state index in [1.165, 1.54) is 24.1 Å². The average Bonchev–Trinajstić information content (AvgIpc) is 2.26. The lowest BCUT2D eigenvalue weighted by Gasteiger charge is -2.25. The monoisotopic (exact) mass is 267 g/mol. The Labute approximate surface area is 110 Å². The highest BCUT2D eigenvalue weighted by Crippen LogP contribution is 2.23. The van der Waals surface area contributed by atoms with Crippen LogP contribution in [-0.2, 0) is 0 Å². The Morgan fingerprint density at radius 3 is 2.58 bits per heavy atom. The van der Waals surface area contributed by atoms with Crippen LogP contribution in [-0.4, -0.2) is 40.0 Å². The molecule has 0 bridgehead atoms. The molecule has 3 N–H and O–H groups in total. The van der Waals surface area contributed by atoms with E-state index in [-0.39, 0.29) is 23.5 Å². The summed E-state index contributed by atoms with van der Waals surface area (Å²) in [5, 5.41) is 20.4. The first-order valence-electron chi connectivity index (χ1n) is 5.63. The smallest absolute Gasteiger partial charge is 0.292 e. The Hall–Kier alpha value is -2.15. The number of nitrogens with two attached hydrogens (primary N) is 1. The average molecular weight is 267 g/mol. The summed E-state index contributed by atoms with van der Waals surface area (Å²) in [6.45, 7) is 3.26. The Bertz CT molecular complexity index is 508. The molecule has 0 fully saturated rings. The molecule has 1 aromatic rings. The summed E-state index contributed by atoms with van der Waals surface area (Å²) in [4.78, 5) is 23.5. The van der Waals surface area contributed by atoms with E-state index in [0.29, 0.717) is 0 Å². The van der Waals surface area contributed by atoms with Crippen LogP contribution >= 0.6 is 0 Å². The van der Waals surface area contributed by atoms with Crippen LogP contribution < -0.4 is 5.73 Å². The molecule has 19 heavy (non-hydrogen) atoms. The maximum atomic E-state index is 12.1. The van der Waals surface area contributed by atoms with Crippen LogP contribution in [0.5, 0.6) is 0 Å². The highest BCUT2D eigenvalue weighted by Gasteiger charge is 2.22. The van der Waals surface area contributed by atoms with E-state index >= 15 is 0 Å². The van der Waals surface area contributed by atoms with Gasteiger partial charge in [0.15, 0.2) is 0 Å². The maximum Gasteiger partial charge on any atom is 0.292 e. The van der Waals surface area contributed by atoms with Gasteiger partial charge in [-0.25, -0.2) is 0 Å². The fourth-order valence-corrected chi connectivity index (χ4v) is 1.71. The van der Waals surface area contributed by atoms with Crippen molar-refractivity contribution in [3.8, 4) is 0 Å². The molecule has 1 rings (SSSR count). The zero-order valence-electron chi connectivity index (χ0n) is 11.1. The second-order valence-corrected chi connectivity index (χ2v) is 5.00. The number of anilines is 1. The number of likely N-dealkylation sites (N-methyl/N-ethyl adjacent to an activating group) is 1. The number of nitro benzene ring substituents is 1. The number of benzene rings is 1. The van der Waals surface area contributed by atoms with Gasteiger partial charge in [0.05, 0.1) is 10.5 Å². The number of carbonyl (C=O) groups excluding carboxylic acids is 1. The minimum atomic E-state index is -1.04. The number of nitro groups is 1. The van der Waals surface area contributed by atoms with Gasteiger partial charge in [-0.3, -0.25) is 14.9 Å². The minimum absolute atomic E-state index is 0.00620. The molecule has 0 spiro atoms. The third-order valence-electron chi connectivity index (χ3n) is 2.44. The van der Waals surface area contributed by atoms with E-state index in [2.05, 4.69) is 0 Å². The third kappa shape index (κ3) is 3.92. The van der Waals surface area contributed by atoms with Gasteiger partial charge in [0.1, 0.15) is 5.69 Å². The SMILES string of the molecule is CN(CC(C)(C)O)C(=O)c1ccc(N)c([N+](=O)[O-])c1. The Kier molecular flexibility index (Phi) is 4.10. The molecule has 0 aromatic heterocycles. The van der Waals surface area contributed by atoms with Gasteiger partial charge in [-0.1, -0.05) is 0 Å². The van der Waals surface area contributed by atoms with Crippen LogP contribution in [0, 0.1) is 10.1 Å². The maximum absolute atomic E-state index is 12.1. The number of carbonyl (C=O) groups is 1. The third-order valence-corrected chi connectivity index (χ3v) is 2.44. The summed E-state index contributed by atoms with van der Waals surface area (Å²) in [6.07, 6.45) is 0. The van der Waals surface area contributed by atoms with Gasteiger partial charge < -0.3 is 15.7 Å². The van der Waals surface area contributed by atoms with Crippen LogP contribution in [0.25, 0.3) is 0 Å².